The summed E-state index contributed by atoms with van der Waals surface area (Å²) < 4.78 is 24.9. The van der Waals surface area contributed by atoms with Gasteiger partial charge in [-0.2, -0.15) is 0 Å². The molecule has 2 nitrogen and oxygen atoms in total. The predicted molar refractivity (Wildman–Crippen MR) is 67.2 cm³/mol. The van der Waals surface area contributed by atoms with Gasteiger partial charge in [-0.15, -0.1) is 0 Å². The second-order valence-electron chi connectivity index (χ2n) is 4.00. The van der Waals surface area contributed by atoms with Gasteiger partial charge in [0, 0.05) is 9.79 Å². The summed E-state index contributed by atoms with van der Waals surface area (Å²) in [6.07, 6.45) is 0. The standard InChI is InChI=1S/C13H10O2S2/c1-9-6-7-11-13(8-9)17(14,15)12-5-3-2-4-10(12)16-11/h2-8H,1H3. The summed E-state index contributed by atoms with van der Waals surface area (Å²) in [5.41, 5.74) is 0.965. The lowest BCUT2D eigenvalue weighted by atomic mass is 10.2. The van der Waals surface area contributed by atoms with E-state index in [1.807, 2.05) is 31.2 Å². The third-order valence-electron chi connectivity index (χ3n) is 2.75. The minimum atomic E-state index is -3.34. The largest absolute Gasteiger partial charge is 0.218 e. The second kappa shape index (κ2) is 3.62. The van der Waals surface area contributed by atoms with Crippen LogP contribution >= 0.6 is 11.8 Å². The van der Waals surface area contributed by atoms with Crippen LogP contribution in [-0.4, -0.2) is 8.42 Å². The Morgan fingerprint density at radius 2 is 1.65 bits per heavy atom. The number of aryl methyl sites for hydroxylation is 1. The summed E-state index contributed by atoms with van der Waals surface area (Å²) in [4.78, 5) is 2.47. The minimum Gasteiger partial charge on any atom is -0.218 e. The summed E-state index contributed by atoms with van der Waals surface area (Å²) in [5.74, 6) is 0. The van der Waals surface area contributed by atoms with Crippen LogP contribution in [0, 0.1) is 6.92 Å². The van der Waals surface area contributed by atoms with Crippen molar-refractivity contribution in [3.63, 3.8) is 0 Å². The number of hydrogen-bond donors (Lipinski definition) is 0. The molecule has 0 saturated heterocycles. The summed E-state index contributed by atoms with van der Waals surface area (Å²) in [5, 5.41) is 0. The maximum Gasteiger partial charge on any atom is 0.208 e. The molecule has 0 radical (unpaired) electrons. The Hall–Kier alpha value is -1.26. The van der Waals surface area contributed by atoms with E-state index in [0.717, 1.165) is 15.4 Å². The van der Waals surface area contributed by atoms with Crippen LogP contribution in [0.1, 0.15) is 5.56 Å². The van der Waals surface area contributed by atoms with Crippen LogP contribution in [0.5, 0.6) is 0 Å². The van der Waals surface area contributed by atoms with Gasteiger partial charge in [-0.3, -0.25) is 0 Å². The predicted octanol–water partition coefficient (Wildman–Crippen LogP) is 3.29. The third-order valence-corrected chi connectivity index (χ3v) is 6.01. The molecule has 1 aliphatic heterocycles. The number of hydrogen-bond acceptors (Lipinski definition) is 3. The third kappa shape index (κ3) is 1.59. The molecule has 0 bridgehead atoms. The van der Waals surface area contributed by atoms with Gasteiger partial charge in [-0.25, -0.2) is 8.42 Å². The van der Waals surface area contributed by atoms with Crippen LogP contribution in [-0.2, 0) is 9.84 Å². The van der Waals surface area contributed by atoms with E-state index in [1.54, 1.807) is 18.2 Å². The number of sulfone groups is 1. The van der Waals surface area contributed by atoms with Gasteiger partial charge in [0.25, 0.3) is 0 Å². The molecule has 86 valence electrons. The minimum absolute atomic E-state index is 0.420. The molecular weight excluding hydrogens is 252 g/mol. The molecular formula is C13H10O2S2. The molecule has 0 aliphatic carbocycles. The van der Waals surface area contributed by atoms with Crippen molar-refractivity contribution < 1.29 is 8.42 Å². The van der Waals surface area contributed by atoms with Crippen LogP contribution in [0.3, 0.4) is 0 Å². The van der Waals surface area contributed by atoms with E-state index in [2.05, 4.69) is 0 Å². The van der Waals surface area contributed by atoms with Gasteiger partial charge in [-0.05, 0) is 36.8 Å². The lowest BCUT2D eigenvalue weighted by Gasteiger charge is -2.19. The molecule has 3 rings (SSSR count). The fraction of sp³-hybridized carbons (Fsp3) is 0.0769. The monoisotopic (exact) mass is 262 g/mol. The van der Waals surface area contributed by atoms with Gasteiger partial charge < -0.3 is 0 Å². The highest BCUT2D eigenvalue weighted by atomic mass is 32.2. The zero-order valence-electron chi connectivity index (χ0n) is 9.17. The summed E-state index contributed by atoms with van der Waals surface area (Å²) in [6, 6.07) is 12.7. The van der Waals surface area contributed by atoms with Crippen molar-refractivity contribution in [2.24, 2.45) is 0 Å². The maximum absolute atomic E-state index is 12.4. The smallest absolute Gasteiger partial charge is 0.208 e. The Morgan fingerprint density at radius 1 is 0.941 bits per heavy atom. The van der Waals surface area contributed by atoms with Crippen molar-refractivity contribution >= 4 is 21.6 Å². The zero-order chi connectivity index (χ0) is 12.0. The number of benzene rings is 2. The molecule has 1 aliphatic rings. The van der Waals surface area contributed by atoms with Gasteiger partial charge in [0.05, 0.1) is 9.79 Å². The van der Waals surface area contributed by atoms with Gasteiger partial charge in [0.1, 0.15) is 0 Å². The van der Waals surface area contributed by atoms with Crippen molar-refractivity contribution in [3.8, 4) is 0 Å². The van der Waals surface area contributed by atoms with Crippen molar-refractivity contribution in [2.75, 3.05) is 0 Å². The first kappa shape index (κ1) is 10.9. The van der Waals surface area contributed by atoms with Gasteiger partial charge >= 0.3 is 0 Å². The molecule has 0 aromatic heterocycles. The van der Waals surface area contributed by atoms with E-state index in [9.17, 15) is 8.42 Å². The van der Waals surface area contributed by atoms with Gasteiger partial charge in [0.2, 0.25) is 9.84 Å². The number of fused-ring (bicyclic) bond motifs is 2. The van der Waals surface area contributed by atoms with Crippen molar-refractivity contribution in [2.45, 2.75) is 26.5 Å². The molecule has 0 fully saturated rings. The van der Waals surface area contributed by atoms with E-state index in [1.165, 1.54) is 11.8 Å². The van der Waals surface area contributed by atoms with E-state index >= 15 is 0 Å². The molecule has 0 N–H and O–H groups in total. The second-order valence-corrected chi connectivity index (χ2v) is 6.97. The highest BCUT2D eigenvalue weighted by molar-refractivity contribution is 8.02. The van der Waals surface area contributed by atoms with E-state index < -0.39 is 9.84 Å². The first-order valence-corrected chi connectivity index (χ1v) is 7.51. The van der Waals surface area contributed by atoms with Crippen molar-refractivity contribution in [1.82, 2.24) is 0 Å². The molecule has 0 saturated carbocycles. The van der Waals surface area contributed by atoms with Gasteiger partial charge in [0.15, 0.2) is 0 Å². The highest BCUT2D eigenvalue weighted by Gasteiger charge is 2.29. The quantitative estimate of drug-likeness (QED) is 0.623. The van der Waals surface area contributed by atoms with Crippen LogP contribution < -0.4 is 0 Å². The van der Waals surface area contributed by atoms with E-state index in [-0.39, 0.29) is 0 Å². The Balaban J connectivity index is 2.36. The first-order chi connectivity index (χ1) is 8.09. The van der Waals surface area contributed by atoms with Crippen molar-refractivity contribution in [3.05, 3.63) is 48.0 Å². The molecule has 0 amide bonds. The Morgan fingerprint density at radius 3 is 2.47 bits per heavy atom. The van der Waals surface area contributed by atoms with Crippen LogP contribution in [0.4, 0.5) is 0 Å². The van der Waals surface area contributed by atoms with Crippen LogP contribution in [0.2, 0.25) is 0 Å². The molecule has 0 spiro atoms. The normalized spacial score (nSPS) is 16.1. The molecule has 2 aromatic carbocycles. The van der Waals surface area contributed by atoms with Crippen LogP contribution in [0.25, 0.3) is 0 Å². The lowest BCUT2D eigenvalue weighted by molar-refractivity contribution is 0.591. The summed E-state index contributed by atoms with van der Waals surface area (Å²) >= 11 is 1.51. The average molecular weight is 262 g/mol. The van der Waals surface area contributed by atoms with Crippen LogP contribution in [0.15, 0.2) is 62.0 Å². The van der Waals surface area contributed by atoms with E-state index in [0.29, 0.717) is 9.79 Å². The Kier molecular flexibility index (Phi) is 2.31. The molecule has 17 heavy (non-hydrogen) atoms. The lowest BCUT2D eigenvalue weighted by Crippen LogP contribution is -2.09. The van der Waals surface area contributed by atoms with Gasteiger partial charge in [-0.1, -0.05) is 30.0 Å². The Labute approximate surface area is 105 Å². The fourth-order valence-corrected chi connectivity index (χ4v) is 5.16. The SMILES string of the molecule is Cc1ccc2c(c1)S(=O)(=O)c1ccccc1S2. The molecule has 0 atom stereocenters. The van der Waals surface area contributed by atoms with E-state index in [4.69, 9.17) is 0 Å². The molecule has 2 aromatic rings. The Bertz CT molecular complexity index is 703. The average Bonchev–Trinajstić information content (AvgIpc) is 2.31. The summed E-state index contributed by atoms with van der Waals surface area (Å²) in [6.45, 7) is 1.90. The molecule has 0 unspecified atom stereocenters. The first-order valence-electron chi connectivity index (χ1n) is 5.22. The molecule has 1 heterocycles. The fourth-order valence-electron chi connectivity index (χ4n) is 1.90. The van der Waals surface area contributed by atoms with Crippen molar-refractivity contribution in [1.29, 1.82) is 0 Å². The zero-order valence-corrected chi connectivity index (χ0v) is 10.8. The topological polar surface area (TPSA) is 34.1 Å². The molecule has 4 heteroatoms. The summed E-state index contributed by atoms with van der Waals surface area (Å²) in [7, 11) is -3.34. The number of rotatable bonds is 0. The highest BCUT2D eigenvalue weighted by Crippen LogP contribution is 2.44. The maximum atomic E-state index is 12.4.